The summed E-state index contributed by atoms with van der Waals surface area (Å²) < 4.78 is 10.8. The van der Waals surface area contributed by atoms with Crippen LogP contribution in [0.15, 0.2) is 28.7 Å². The van der Waals surface area contributed by atoms with E-state index in [9.17, 15) is 9.59 Å². The van der Waals surface area contributed by atoms with Gasteiger partial charge in [-0.3, -0.25) is 4.79 Å². The minimum atomic E-state index is -1.11. The number of furan rings is 1. The van der Waals surface area contributed by atoms with Gasteiger partial charge < -0.3 is 19.6 Å². The second-order valence-corrected chi connectivity index (χ2v) is 5.95. The number of nitrogens with one attached hydrogen (secondary N) is 1. The van der Waals surface area contributed by atoms with E-state index >= 15 is 0 Å². The zero-order valence-corrected chi connectivity index (χ0v) is 12.9. The Balaban J connectivity index is 1.65. The number of hydrogen-bond acceptors (Lipinski definition) is 4. The lowest BCUT2D eigenvalue weighted by Crippen LogP contribution is -2.23. The van der Waals surface area contributed by atoms with Crippen molar-refractivity contribution in [2.45, 2.75) is 32.3 Å². The van der Waals surface area contributed by atoms with Crippen molar-refractivity contribution >= 4 is 28.5 Å². The fourth-order valence-corrected chi connectivity index (χ4v) is 2.91. The van der Waals surface area contributed by atoms with Gasteiger partial charge in [0.25, 0.3) is 0 Å². The van der Waals surface area contributed by atoms with E-state index in [2.05, 4.69) is 5.32 Å². The zero-order valence-electron chi connectivity index (χ0n) is 12.9. The van der Waals surface area contributed by atoms with Crippen LogP contribution in [0.2, 0.25) is 0 Å². The first-order valence-electron chi connectivity index (χ1n) is 7.71. The summed E-state index contributed by atoms with van der Waals surface area (Å²) in [5.41, 5.74) is 1.10. The average Bonchev–Trinajstić information content (AvgIpc) is 3.16. The Morgan fingerprint density at radius 2 is 2.22 bits per heavy atom. The molecule has 1 aromatic heterocycles. The maximum absolute atomic E-state index is 12.1. The topological polar surface area (TPSA) is 88.8 Å². The highest BCUT2D eigenvalue weighted by Gasteiger charge is 2.24. The Bertz CT molecular complexity index is 730. The lowest BCUT2D eigenvalue weighted by molar-refractivity contribution is -0.117. The molecule has 0 radical (unpaired) electrons. The van der Waals surface area contributed by atoms with Gasteiger partial charge in [0, 0.05) is 24.1 Å². The number of rotatable bonds is 5. The molecule has 6 nitrogen and oxygen atoms in total. The largest absolute Gasteiger partial charge is 0.475 e. The van der Waals surface area contributed by atoms with Crippen LogP contribution in [0.5, 0.6) is 0 Å². The van der Waals surface area contributed by atoms with E-state index in [-0.39, 0.29) is 23.7 Å². The standard InChI is InChI=1S/C17H19NO5/c1-10(13-3-2-6-22-13)7-16(19)18-12-4-5-14-11(8-12)9-15(23-14)17(20)21/h4-5,8-10,13H,2-3,6-7H2,1H3,(H,18,19)(H,20,21). The summed E-state index contributed by atoms with van der Waals surface area (Å²) >= 11 is 0. The van der Waals surface area contributed by atoms with E-state index in [0.717, 1.165) is 19.4 Å². The van der Waals surface area contributed by atoms with Crippen molar-refractivity contribution in [3.05, 3.63) is 30.0 Å². The normalized spacial score (nSPS) is 18.9. The highest BCUT2D eigenvalue weighted by molar-refractivity contribution is 5.96. The van der Waals surface area contributed by atoms with Crippen molar-refractivity contribution in [3.63, 3.8) is 0 Å². The van der Waals surface area contributed by atoms with Crippen LogP contribution in [0.3, 0.4) is 0 Å². The molecule has 1 fully saturated rings. The molecule has 122 valence electrons. The summed E-state index contributed by atoms with van der Waals surface area (Å²) in [6.07, 6.45) is 2.62. The Hall–Kier alpha value is -2.34. The summed E-state index contributed by atoms with van der Waals surface area (Å²) in [4.78, 5) is 23.0. The third-order valence-corrected chi connectivity index (χ3v) is 4.12. The Morgan fingerprint density at radius 3 is 2.91 bits per heavy atom. The van der Waals surface area contributed by atoms with Crippen LogP contribution in [0, 0.1) is 5.92 Å². The number of ether oxygens (including phenoxy) is 1. The molecule has 0 aliphatic carbocycles. The molecule has 23 heavy (non-hydrogen) atoms. The molecule has 2 unspecified atom stereocenters. The minimum absolute atomic E-state index is 0.0747. The predicted octanol–water partition coefficient (Wildman–Crippen LogP) is 3.27. The summed E-state index contributed by atoms with van der Waals surface area (Å²) in [6, 6.07) is 6.51. The summed E-state index contributed by atoms with van der Waals surface area (Å²) in [5, 5.41) is 12.4. The van der Waals surface area contributed by atoms with Crippen LogP contribution in [-0.4, -0.2) is 29.7 Å². The average molecular weight is 317 g/mol. The monoisotopic (exact) mass is 317 g/mol. The van der Waals surface area contributed by atoms with Crippen LogP contribution in [-0.2, 0) is 9.53 Å². The first-order chi connectivity index (χ1) is 11.0. The molecule has 0 bridgehead atoms. The SMILES string of the molecule is CC(CC(=O)Nc1ccc2oc(C(=O)O)cc2c1)C1CCCO1. The summed E-state index contributed by atoms with van der Waals surface area (Å²) in [6.45, 7) is 2.80. The van der Waals surface area contributed by atoms with Gasteiger partial charge in [-0.25, -0.2) is 4.79 Å². The van der Waals surface area contributed by atoms with E-state index in [1.165, 1.54) is 6.07 Å². The van der Waals surface area contributed by atoms with Gasteiger partial charge in [0.15, 0.2) is 0 Å². The molecule has 2 N–H and O–H groups in total. The zero-order chi connectivity index (χ0) is 16.4. The molecule has 6 heteroatoms. The Morgan fingerprint density at radius 1 is 1.39 bits per heavy atom. The molecule has 2 aromatic rings. The molecule has 0 spiro atoms. The first-order valence-corrected chi connectivity index (χ1v) is 7.71. The molecule has 1 aliphatic heterocycles. The summed E-state index contributed by atoms with van der Waals surface area (Å²) in [7, 11) is 0. The Kier molecular flexibility index (Phi) is 4.34. The second kappa shape index (κ2) is 6.42. The number of benzene rings is 1. The number of carbonyl (C=O) groups is 2. The van der Waals surface area contributed by atoms with Crippen molar-refractivity contribution in [1.82, 2.24) is 0 Å². The van der Waals surface area contributed by atoms with E-state index < -0.39 is 5.97 Å². The van der Waals surface area contributed by atoms with Gasteiger partial charge in [0.1, 0.15) is 5.58 Å². The lowest BCUT2D eigenvalue weighted by Gasteiger charge is -2.17. The van der Waals surface area contributed by atoms with Gasteiger partial charge in [-0.2, -0.15) is 0 Å². The van der Waals surface area contributed by atoms with E-state index in [4.69, 9.17) is 14.3 Å². The number of hydrogen-bond donors (Lipinski definition) is 2. The fraction of sp³-hybridized carbons (Fsp3) is 0.412. The van der Waals surface area contributed by atoms with Gasteiger partial charge in [0.2, 0.25) is 11.7 Å². The van der Waals surface area contributed by atoms with Crippen LogP contribution < -0.4 is 5.32 Å². The number of amides is 1. The molecule has 1 aliphatic rings. The number of aromatic carboxylic acids is 1. The predicted molar refractivity (Wildman–Crippen MR) is 84.6 cm³/mol. The molecule has 2 heterocycles. The summed E-state index contributed by atoms with van der Waals surface area (Å²) in [5.74, 6) is -1.13. The number of anilines is 1. The van der Waals surface area contributed by atoms with Crippen LogP contribution >= 0.6 is 0 Å². The van der Waals surface area contributed by atoms with Crippen LogP contribution in [0.1, 0.15) is 36.7 Å². The number of carbonyl (C=O) groups excluding carboxylic acids is 1. The van der Waals surface area contributed by atoms with Gasteiger partial charge in [-0.1, -0.05) is 6.92 Å². The number of carboxylic acids is 1. The molecule has 3 rings (SSSR count). The molecule has 1 amide bonds. The maximum Gasteiger partial charge on any atom is 0.371 e. The highest BCUT2D eigenvalue weighted by Crippen LogP contribution is 2.25. The molecular formula is C17H19NO5. The van der Waals surface area contributed by atoms with Gasteiger partial charge in [0.05, 0.1) is 6.10 Å². The smallest absolute Gasteiger partial charge is 0.371 e. The third kappa shape index (κ3) is 3.53. The minimum Gasteiger partial charge on any atom is -0.475 e. The number of fused-ring (bicyclic) bond motifs is 1. The molecular weight excluding hydrogens is 298 g/mol. The maximum atomic E-state index is 12.1. The van der Waals surface area contributed by atoms with Crippen LogP contribution in [0.4, 0.5) is 5.69 Å². The van der Waals surface area contributed by atoms with E-state index in [0.29, 0.717) is 23.1 Å². The molecule has 2 atom stereocenters. The van der Waals surface area contributed by atoms with Crippen molar-refractivity contribution in [2.75, 3.05) is 11.9 Å². The molecule has 0 saturated carbocycles. The third-order valence-electron chi connectivity index (χ3n) is 4.12. The highest BCUT2D eigenvalue weighted by atomic mass is 16.5. The second-order valence-electron chi connectivity index (χ2n) is 5.95. The van der Waals surface area contributed by atoms with Gasteiger partial charge in [-0.05, 0) is 43.0 Å². The number of carboxylic acid groups (broad SMARTS) is 1. The Labute approximate surface area is 133 Å². The van der Waals surface area contributed by atoms with E-state index in [1.54, 1.807) is 18.2 Å². The van der Waals surface area contributed by atoms with E-state index in [1.807, 2.05) is 6.92 Å². The molecule has 1 aromatic carbocycles. The van der Waals surface area contributed by atoms with Crippen LogP contribution in [0.25, 0.3) is 11.0 Å². The van der Waals surface area contributed by atoms with Crippen molar-refractivity contribution in [1.29, 1.82) is 0 Å². The van der Waals surface area contributed by atoms with Crippen molar-refractivity contribution < 1.29 is 23.8 Å². The van der Waals surface area contributed by atoms with Gasteiger partial charge >= 0.3 is 5.97 Å². The van der Waals surface area contributed by atoms with Crippen molar-refractivity contribution in [2.24, 2.45) is 5.92 Å². The van der Waals surface area contributed by atoms with Gasteiger partial charge in [-0.15, -0.1) is 0 Å². The van der Waals surface area contributed by atoms with Crippen molar-refractivity contribution in [3.8, 4) is 0 Å². The lowest BCUT2D eigenvalue weighted by atomic mass is 9.98. The quantitative estimate of drug-likeness (QED) is 0.883. The fourth-order valence-electron chi connectivity index (χ4n) is 2.91. The first kappa shape index (κ1) is 15.6. The molecule has 1 saturated heterocycles.